The standard InChI is InChI=1S/C22H23F4NO2.ClH/c1-3-15-13-16(7-6-14(15)2)29-22-20(25)18(23)17(19(24)21(22)26)5-4-8-27-9-11-28-12-10-27;/h4-7,13H,3,8-12H2,1-2H3;1H/b5-4+;. The first-order valence-corrected chi connectivity index (χ1v) is 9.52. The molecule has 3 rings (SSSR count). The highest BCUT2D eigenvalue weighted by Gasteiger charge is 2.26. The third-order valence-electron chi connectivity index (χ3n) is 4.93. The van der Waals surface area contributed by atoms with Crippen LogP contribution in [0, 0.1) is 30.2 Å². The van der Waals surface area contributed by atoms with Crippen molar-refractivity contribution in [2.24, 2.45) is 0 Å². The quantitative estimate of drug-likeness (QED) is 0.422. The van der Waals surface area contributed by atoms with E-state index in [1.165, 1.54) is 12.1 Å². The number of aryl methyl sites for hydroxylation is 2. The Bertz CT molecular complexity index is 885. The molecule has 2 aromatic carbocycles. The van der Waals surface area contributed by atoms with Gasteiger partial charge in [-0.15, -0.1) is 12.4 Å². The van der Waals surface area contributed by atoms with Crippen LogP contribution in [-0.4, -0.2) is 37.7 Å². The summed E-state index contributed by atoms with van der Waals surface area (Å²) in [6.45, 7) is 6.72. The van der Waals surface area contributed by atoms with Crippen LogP contribution >= 0.6 is 12.4 Å². The predicted molar refractivity (Wildman–Crippen MR) is 110 cm³/mol. The molecular weight excluding hydrogens is 422 g/mol. The zero-order chi connectivity index (χ0) is 21.0. The molecule has 0 N–H and O–H groups in total. The molecule has 1 saturated heterocycles. The minimum absolute atomic E-state index is 0. The van der Waals surface area contributed by atoms with Crippen molar-refractivity contribution >= 4 is 18.5 Å². The number of hydrogen-bond donors (Lipinski definition) is 0. The van der Waals surface area contributed by atoms with E-state index in [2.05, 4.69) is 0 Å². The molecule has 2 aromatic rings. The zero-order valence-corrected chi connectivity index (χ0v) is 17.6. The zero-order valence-electron chi connectivity index (χ0n) is 16.8. The molecule has 0 spiro atoms. The summed E-state index contributed by atoms with van der Waals surface area (Å²) in [4.78, 5) is 2.00. The van der Waals surface area contributed by atoms with Crippen molar-refractivity contribution in [3.8, 4) is 11.5 Å². The average molecular weight is 446 g/mol. The van der Waals surface area contributed by atoms with Crippen LogP contribution in [0.3, 0.4) is 0 Å². The van der Waals surface area contributed by atoms with E-state index >= 15 is 0 Å². The minimum Gasteiger partial charge on any atom is -0.451 e. The van der Waals surface area contributed by atoms with Gasteiger partial charge >= 0.3 is 0 Å². The summed E-state index contributed by atoms with van der Waals surface area (Å²) in [6, 6.07) is 4.82. The summed E-state index contributed by atoms with van der Waals surface area (Å²) in [6.07, 6.45) is 3.21. The van der Waals surface area contributed by atoms with E-state index < -0.39 is 34.6 Å². The highest BCUT2D eigenvalue weighted by molar-refractivity contribution is 5.85. The third-order valence-corrected chi connectivity index (χ3v) is 4.93. The van der Waals surface area contributed by atoms with Gasteiger partial charge in [-0.3, -0.25) is 4.90 Å². The lowest BCUT2D eigenvalue weighted by Crippen LogP contribution is -2.36. The van der Waals surface area contributed by atoms with Crippen LogP contribution in [0.5, 0.6) is 11.5 Å². The Labute approximate surface area is 179 Å². The molecule has 1 fully saturated rings. The Morgan fingerprint density at radius 2 is 1.67 bits per heavy atom. The fourth-order valence-corrected chi connectivity index (χ4v) is 3.18. The summed E-state index contributed by atoms with van der Waals surface area (Å²) in [5.41, 5.74) is 1.13. The van der Waals surface area contributed by atoms with Crippen molar-refractivity contribution in [2.45, 2.75) is 20.3 Å². The second-order valence-electron chi connectivity index (χ2n) is 6.86. The lowest BCUT2D eigenvalue weighted by molar-refractivity contribution is 0.0435. The van der Waals surface area contributed by atoms with Crippen LogP contribution in [0.2, 0.25) is 0 Å². The minimum atomic E-state index is -1.56. The van der Waals surface area contributed by atoms with Crippen LogP contribution in [0.25, 0.3) is 6.08 Å². The molecule has 0 aliphatic carbocycles. The molecule has 0 saturated carbocycles. The van der Waals surface area contributed by atoms with E-state index in [1.54, 1.807) is 12.1 Å². The summed E-state index contributed by atoms with van der Waals surface area (Å²) in [5.74, 6) is -7.07. The van der Waals surface area contributed by atoms with Crippen LogP contribution in [0.4, 0.5) is 17.6 Å². The Kier molecular flexibility index (Phi) is 8.70. The van der Waals surface area contributed by atoms with Crippen molar-refractivity contribution < 1.29 is 27.0 Å². The monoisotopic (exact) mass is 445 g/mol. The van der Waals surface area contributed by atoms with Gasteiger partial charge < -0.3 is 9.47 Å². The Balaban J connectivity index is 0.00000320. The van der Waals surface area contributed by atoms with Gasteiger partial charge in [-0.25, -0.2) is 8.78 Å². The van der Waals surface area contributed by atoms with Crippen LogP contribution in [0.1, 0.15) is 23.6 Å². The lowest BCUT2D eigenvalue weighted by atomic mass is 10.1. The molecule has 0 radical (unpaired) electrons. The molecule has 3 nitrogen and oxygen atoms in total. The summed E-state index contributed by atoms with van der Waals surface area (Å²) in [7, 11) is 0. The van der Waals surface area contributed by atoms with Gasteiger partial charge in [0, 0.05) is 19.6 Å². The maximum Gasteiger partial charge on any atom is 0.205 e. The van der Waals surface area contributed by atoms with Crippen LogP contribution in [0.15, 0.2) is 24.3 Å². The van der Waals surface area contributed by atoms with Crippen molar-refractivity contribution in [3.63, 3.8) is 0 Å². The number of ether oxygens (including phenoxy) is 2. The van der Waals surface area contributed by atoms with Crippen molar-refractivity contribution in [2.75, 3.05) is 32.8 Å². The second-order valence-corrected chi connectivity index (χ2v) is 6.86. The Hall–Kier alpha value is -2.09. The largest absolute Gasteiger partial charge is 0.451 e. The van der Waals surface area contributed by atoms with Crippen molar-refractivity contribution in [3.05, 3.63) is 64.2 Å². The van der Waals surface area contributed by atoms with E-state index in [-0.39, 0.29) is 18.2 Å². The Morgan fingerprint density at radius 3 is 2.27 bits per heavy atom. The van der Waals surface area contributed by atoms with Gasteiger partial charge in [-0.1, -0.05) is 25.1 Å². The number of morpholine rings is 1. The molecule has 1 aliphatic heterocycles. The van der Waals surface area contributed by atoms with Crippen molar-refractivity contribution in [1.82, 2.24) is 4.90 Å². The first-order chi connectivity index (χ1) is 13.9. The normalized spacial score (nSPS) is 14.7. The second kappa shape index (κ2) is 10.8. The predicted octanol–water partition coefficient (Wildman–Crippen LogP) is 5.67. The maximum atomic E-state index is 14.5. The third kappa shape index (κ3) is 5.33. The van der Waals surface area contributed by atoms with Crippen LogP contribution < -0.4 is 4.74 Å². The van der Waals surface area contributed by atoms with E-state index in [1.807, 2.05) is 18.7 Å². The first-order valence-electron chi connectivity index (χ1n) is 9.52. The van der Waals surface area contributed by atoms with Gasteiger partial charge in [-0.2, -0.15) is 8.78 Å². The average Bonchev–Trinajstić information content (AvgIpc) is 2.74. The van der Waals surface area contributed by atoms with Gasteiger partial charge in [0.1, 0.15) is 5.75 Å². The lowest BCUT2D eigenvalue weighted by Gasteiger charge is -2.25. The molecule has 1 heterocycles. The van der Waals surface area contributed by atoms with E-state index in [0.29, 0.717) is 39.3 Å². The summed E-state index contributed by atoms with van der Waals surface area (Å²) < 4.78 is 68.2. The van der Waals surface area contributed by atoms with Crippen LogP contribution in [-0.2, 0) is 11.2 Å². The molecule has 30 heavy (non-hydrogen) atoms. The molecule has 1 aliphatic rings. The van der Waals surface area contributed by atoms with E-state index in [4.69, 9.17) is 9.47 Å². The molecule has 0 amide bonds. The van der Waals surface area contributed by atoms with Gasteiger partial charge in [0.2, 0.25) is 17.4 Å². The highest BCUT2D eigenvalue weighted by atomic mass is 35.5. The first kappa shape index (κ1) is 24.2. The molecule has 0 unspecified atom stereocenters. The smallest absolute Gasteiger partial charge is 0.205 e. The molecule has 8 heteroatoms. The number of halogens is 5. The summed E-state index contributed by atoms with van der Waals surface area (Å²) >= 11 is 0. The van der Waals surface area contributed by atoms with Gasteiger partial charge in [0.15, 0.2) is 11.6 Å². The molecule has 0 bridgehead atoms. The topological polar surface area (TPSA) is 21.7 Å². The fraction of sp³-hybridized carbons (Fsp3) is 0.364. The fourth-order valence-electron chi connectivity index (χ4n) is 3.18. The number of benzene rings is 2. The maximum absolute atomic E-state index is 14.5. The number of nitrogens with zero attached hydrogens (tertiary/aromatic N) is 1. The molecular formula is C22H24ClF4NO2. The SMILES string of the molecule is CCc1cc(Oc2c(F)c(F)c(/C=C/CN3CCOCC3)c(F)c2F)ccc1C.Cl. The van der Waals surface area contributed by atoms with Gasteiger partial charge in [0.25, 0.3) is 0 Å². The molecule has 0 aromatic heterocycles. The summed E-state index contributed by atoms with van der Waals surface area (Å²) in [5, 5.41) is 0. The van der Waals surface area contributed by atoms with Crippen molar-refractivity contribution in [1.29, 1.82) is 0 Å². The van der Waals surface area contributed by atoms with Gasteiger partial charge in [0.05, 0.1) is 18.8 Å². The molecule has 164 valence electrons. The highest BCUT2D eigenvalue weighted by Crippen LogP contribution is 2.34. The van der Waals surface area contributed by atoms with E-state index in [0.717, 1.165) is 17.2 Å². The Morgan fingerprint density at radius 1 is 1.03 bits per heavy atom. The number of rotatable bonds is 6. The number of hydrogen-bond acceptors (Lipinski definition) is 3. The molecule has 0 atom stereocenters. The van der Waals surface area contributed by atoms with E-state index in [9.17, 15) is 17.6 Å². The van der Waals surface area contributed by atoms with Gasteiger partial charge in [-0.05, 0) is 36.6 Å².